The van der Waals surface area contributed by atoms with Crippen molar-refractivity contribution in [2.75, 3.05) is 26.4 Å². The molecule has 7 heteroatoms. The predicted octanol–water partition coefficient (Wildman–Crippen LogP) is 5.85. The second kappa shape index (κ2) is 16.5. The van der Waals surface area contributed by atoms with Gasteiger partial charge in [-0.1, -0.05) is 163 Å². The third-order valence-electron chi connectivity index (χ3n) is 8.64. The lowest BCUT2D eigenvalue weighted by atomic mass is 10.1. The van der Waals surface area contributed by atoms with Crippen molar-refractivity contribution in [3.05, 3.63) is 121 Å². The molecule has 0 fully saturated rings. The first kappa shape index (κ1) is 37.7. The standard InChI is InChI=1S/C42H50O5Si2/c1-8-44-33-34-45-35-42(43,29-31-46-48(40(2,3)4,36-21-13-9-14-22-36)37-23-15-10-16-24-37)30-32-47-49(41(5,6)7,38-25-17-11-18-26-38)39-27-19-12-20-28-39/h9-28,43H,8,33-35H2,1-7H3. The van der Waals surface area contributed by atoms with Crippen molar-refractivity contribution < 1.29 is 23.4 Å². The molecule has 0 aliphatic carbocycles. The molecule has 0 spiro atoms. The maximum atomic E-state index is 12.0. The highest BCUT2D eigenvalue weighted by atomic mass is 28.4. The van der Waals surface area contributed by atoms with E-state index in [-0.39, 0.29) is 23.3 Å². The number of benzene rings is 4. The molecule has 4 aromatic carbocycles. The summed E-state index contributed by atoms with van der Waals surface area (Å²) in [5.74, 6) is 5.95. The molecule has 0 aliphatic rings. The minimum absolute atomic E-state index is 0.172. The molecule has 0 amide bonds. The van der Waals surface area contributed by atoms with Crippen molar-refractivity contribution in [3.63, 3.8) is 0 Å². The molecule has 0 bridgehead atoms. The molecular weight excluding hydrogens is 641 g/mol. The lowest BCUT2D eigenvalue weighted by Gasteiger charge is -2.40. The van der Waals surface area contributed by atoms with Crippen LogP contribution in [0, 0.1) is 24.1 Å². The van der Waals surface area contributed by atoms with Crippen molar-refractivity contribution in [1.82, 2.24) is 0 Å². The maximum absolute atomic E-state index is 12.0. The fraction of sp³-hybridized carbons (Fsp3) is 0.333. The third kappa shape index (κ3) is 8.75. The molecule has 256 valence electrons. The minimum Gasteiger partial charge on any atom is -0.489 e. The van der Waals surface area contributed by atoms with Gasteiger partial charge in [0.1, 0.15) is 0 Å². The number of rotatable bonds is 12. The Kier molecular flexibility index (Phi) is 12.7. The molecule has 0 saturated carbocycles. The first-order valence-electron chi connectivity index (χ1n) is 16.9. The Morgan fingerprint density at radius 1 is 0.510 bits per heavy atom. The monoisotopic (exact) mass is 690 g/mol. The molecule has 0 radical (unpaired) electrons. The van der Waals surface area contributed by atoms with E-state index < -0.39 is 22.2 Å². The SMILES string of the molecule is CCOCCOCC(O)(C#CO[Si](c1ccccc1)(c1ccccc1)C(C)(C)C)C#CO[Si](c1ccccc1)(c1ccccc1)C(C)(C)C. The van der Waals surface area contributed by atoms with Crippen LogP contribution in [0.2, 0.25) is 10.1 Å². The fourth-order valence-electron chi connectivity index (χ4n) is 6.26. The van der Waals surface area contributed by atoms with Crippen molar-refractivity contribution in [2.45, 2.75) is 64.1 Å². The molecule has 0 heterocycles. The zero-order chi connectivity index (χ0) is 35.4. The predicted molar refractivity (Wildman–Crippen MR) is 205 cm³/mol. The number of hydrogen-bond acceptors (Lipinski definition) is 5. The van der Waals surface area contributed by atoms with E-state index in [2.05, 4.69) is 114 Å². The Labute approximate surface area is 295 Å². The Morgan fingerprint density at radius 3 is 1.10 bits per heavy atom. The van der Waals surface area contributed by atoms with Gasteiger partial charge in [-0.15, -0.1) is 0 Å². The topological polar surface area (TPSA) is 57.2 Å². The van der Waals surface area contributed by atoms with Crippen LogP contribution in [0.4, 0.5) is 0 Å². The van der Waals surface area contributed by atoms with E-state index in [9.17, 15) is 5.11 Å². The molecule has 0 unspecified atom stereocenters. The molecule has 4 rings (SSSR count). The molecule has 0 aliphatic heterocycles. The van der Waals surface area contributed by atoms with Gasteiger partial charge in [0.15, 0.2) is 0 Å². The number of hydrogen-bond donors (Lipinski definition) is 1. The number of aliphatic hydroxyl groups is 1. The van der Waals surface area contributed by atoms with Gasteiger partial charge in [0, 0.05) is 16.7 Å². The summed E-state index contributed by atoms with van der Waals surface area (Å²) in [7, 11) is -5.98. The Hall–Kier alpha value is -4.09. The van der Waals surface area contributed by atoms with E-state index in [0.717, 1.165) is 20.7 Å². The van der Waals surface area contributed by atoms with E-state index in [1.54, 1.807) is 0 Å². The summed E-state index contributed by atoms with van der Waals surface area (Å²) in [6.45, 7) is 16.1. The Bertz CT molecular complexity index is 1510. The van der Waals surface area contributed by atoms with Gasteiger partial charge in [-0.3, -0.25) is 0 Å². The average molecular weight is 691 g/mol. The van der Waals surface area contributed by atoms with E-state index in [1.807, 2.05) is 79.7 Å². The minimum atomic E-state index is -2.99. The average Bonchev–Trinajstić information content (AvgIpc) is 3.09. The van der Waals surface area contributed by atoms with Gasteiger partial charge in [0.05, 0.1) is 32.0 Å². The van der Waals surface area contributed by atoms with Crippen molar-refractivity contribution in [1.29, 1.82) is 0 Å². The third-order valence-corrected chi connectivity index (χ3v) is 18.3. The Morgan fingerprint density at radius 2 is 0.816 bits per heavy atom. The Balaban J connectivity index is 1.80. The van der Waals surface area contributed by atoms with Crippen LogP contribution in [-0.2, 0) is 18.3 Å². The summed E-state index contributed by atoms with van der Waals surface area (Å²) in [4.78, 5) is 0. The largest absolute Gasteiger partial charge is 0.489 e. The van der Waals surface area contributed by atoms with Crippen LogP contribution < -0.4 is 20.7 Å². The second-order valence-electron chi connectivity index (χ2n) is 14.1. The van der Waals surface area contributed by atoms with Gasteiger partial charge >= 0.3 is 16.6 Å². The van der Waals surface area contributed by atoms with Gasteiger partial charge in [-0.25, -0.2) is 0 Å². The first-order chi connectivity index (χ1) is 23.4. The molecule has 0 saturated heterocycles. The van der Waals surface area contributed by atoms with Crippen LogP contribution >= 0.6 is 0 Å². The van der Waals surface area contributed by atoms with Gasteiger partial charge in [-0.05, 0) is 39.5 Å². The highest BCUT2D eigenvalue weighted by Crippen LogP contribution is 2.37. The zero-order valence-corrected chi connectivity index (χ0v) is 32.0. The summed E-state index contributed by atoms with van der Waals surface area (Å²) in [6.07, 6.45) is 5.94. The molecule has 49 heavy (non-hydrogen) atoms. The highest BCUT2D eigenvalue weighted by molar-refractivity contribution is 7.00. The van der Waals surface area contributed by atoms with E-state index in [1.165, 1.54) is 0 Å². The fourth-order valence-corrected chi connectivity index (χ4v) is 14.5. The summed E-state index contributed by atoms with van der Waals surface area (Å²) in [6, 6.07) is 41.1. The molecule has 5 nitrogen and oxygen atoms in total. The van der Waals surface area contributed by atoms with Crippen LogP contribution in [0.5, 0.6) is 0 Å². The van der Waals surface area contributed by atoms with Gasteiger partial charge in [0.2, 0.25) is 5.60 Å². The quantitative estimate of drug-likeness (QED) is 0.115. The lowest BCUT2D eigenvalue weighted by Crippen LogP contribution is -2.66. The van der Waals surface area contributed by atoms with Gasteiger partial charge < -0.3 is 23.4 Å². The van der Waals surface area contributed by atoms with Crippen molar-refractivity contribution >= 4 is 37.4 Å². The van der Waals surface area contributed by atoms with Crippen LogP contribution in [0.15, 0.2) is 121 Å². The number of ether oxygens (including phenoxy) is 2. The molecule has 0 aromatic heterocycles. The van der Waals surface area contributed by atoms with Gasteiger partial charge in [-0.2, -0.15) is 0 Å². The lowest BCUT2D eigenvalue weighted by molar-refractivity contribution is -0.000508. The summed E-state index contributed by atoms with van der Waals surface area (Å²) in [5, 5.41) is 15.7. The van der Waals surface area contributed by atoms with Crippen LogP contribution in [0.25, 0.3) is 0 Å². The van der Waals surface area contributed by atoms with Crippen molar-refractivity contribution in [3.8, 4) is 24.1 Å². The van der Waals surface area contributed by atoms with Gasteiger partial charge in [0.25, 0.3) is 0 Å². The zero-order valence-electron chi connectivity index (χ0n) is 30.0. The summed E-state index contributed by atoms with van der Waals surface area (Å²) in [5.41, 5.74) is -1.89. The molecule has 4 aromatic rings. The smallest absolute Gasteiger partial charge is 0.332 e. The summed E-state index contributed by atoms with van der Waals surface area (Å²) < 4.78 is 24.9. The van der Waals surface area contributed by atoms with Crippen LogP contribution in [-0.4, -0.2) is 53.8 Å². The normalized spacial score (nSPS) is 12.2. The molecule has 0 atom stereocenters. The second-order valence-corrected chi connectivity index (χ2v) is 22.5. The van der Waals surface area contributed by atoms with E-state index in [4.69, 9.17) is 18.3 Å². The van der Waals surface area contributed by atoms with E-state index in [0.29, 0.717) is 13.2 Å². The summed E-state index contributed by atoms with van der Waals surface area (Å²) >= 11 is 0. The maximum Gasteiger partial charge on any atom is 0.332 e. The molecular formula is C42H50O5Si2. The first-order valence-corrected chi connectivity index (χ1v) is 20.7. The highest BCUT2D eigenvalue weighted by Gasteiger charge is 2.53. The van der Waals surface area contributed by atoms with Crippen molar-refractivity contribution in [2.24, 2.45) is 0 Å². The van der Waals surface area contributed by atoms with Crippen LogP contribution in [0.3, 0.4) is 0 Å². The van der Waals surface area contributed by atoms with Crippen LogP contribution in [0.1, 0.15) is 48.5 Å². The molecule has 1 N–H and O–H groups in total. The van der Waals surface area contributed by atoms with E-state index >= 15 is 0 Å².